The molecule has 1 atom stereocenters. The Hall–Kier alpha value is 0.134. The topological polar surface area (TPSA) is 9.23 Å². The highest BCUT2D eigenvalue weighted by Gasteiger charge is 2.17. The van der Waals surface area contributed by atoms with Crippen molar-refractivity contribution in [2.75, 3.05) is 0 Å². The van der Waals surface area contributed by atoms with E-state index in [1.165, 1.54) is 6.04 Å². The fourth-order valence-corrected chi connectivity index (χ4v) is 7.02. The molecule has 0 bridgehead atoms. The van der Waals surface area contributed by atoms with Gasteiger partial charge in [0.25, 0.3) is 0 Å². The van der Waals surface area contributed by atoms with Crippen LogP contribution in [-0.2, 0) is 4.12 Å². The molecule has 0 saturated carbocycles. The molecule has 11 heavy (non-hydrogen) atoms. The zero-order chi connectivity index (χ0) is 8.91. The van der Waals surface area contributed by atoms with E-state index in [1.807, 2.05) is 6.08 Å². The molecule has 1 nitrogen and oxygen atoms in total. The van der Waals surface area contributed by atoms with Crippen LogP contribution in [0, 0.1) is 0 Å². The molecule has 0 aliphatic rings. The van der Waals surface area contributed by atoms with Crippen molar-refractivity contribution >= 4 is 17.4 Å². The molecule has 3 heteroatoms. The summed E-state index contributed by atoms with van der Waals surface area (Å²) < 4.78 is 5.97. The van der Waals surface area contributed by atoms with E-state index in [4.69, 9.17) is 4.12 Å². The fourth-order valence-electron chi connectivity index (χ4n) is 1.02. The second kappa shape index (κ2) is 4.90. The Morgan fingerprint density at radius 2 is 2.00 bits per heavy atom. The first-order valence-corrected chi connectivity index (χ1v) is 10.1. The smallest absolute Gasteiger partial charge is 0.170 e. The predicted octanol–water partition coefficient (Wildman–Crippen LogP) is 2.77. The van der Waals surface area contributed by atoms with Crippen LogP contribution in [0.3, 0.4) is 0 Å². The minimum Gasteiger partial charge on any atom is -0.458 e. The Labute approximate surface area is 73.3 Å². The Morgan fingerprint density at radius 3 is 2.36 bits per heavy atom. The summed E-state index contributed by atoms with van der Waals surface area (Å²) in [6, 6.07) is 1.24. The molecule has 0 radical (unpaired) electrons. The monoisotopic (exact) mass is 188 g/mol. The summed E-state index contributed by atoms with van der Waals surface area (Å²) in [6.45, 7) is 12.7. The van der Waals surface area contributed by atoms with Crippen molar-refractivity contribution in [1.82, 2.24) is 0 Å². The van der Waals surface area contributed by atoms with Crippen molar-refractivity contribution < 1.29 is 4.12 Å². The van der Waals surface area contributed by atoms with Gasteiger partial charge in [0, 0.05) is 0 Å². The third-order valence-electron chi connectivity index (χ3n) is 1.33. The fraction of sp³-hybridized carbons (Fsp3) is 0.750. The Kier molecular flexibility index (Phi) is 4.96. The van der Waals surface area contributed by atoms with Gasteiger partial charge in [-0.15, -0.1) is 6.58 Å². The Bertz CT molecular complexity index is 118. The summed E-state index contributed by atoms with van der Waals surface area (Å²) in [5.74, 6) is 0. The molecule has 0 aromatic rings. The molecule has 1 unspecified atom stereocenters. The summed E-state index contributed by atoms with van der Waals surface area (Å²) in [6.07, 6.45) is 3.11. The van der Waals surface area contributed by atoms with Crippen molar-refractivity contribution in [3.05, 3.63) is 12.7 Å². The van der Waals surface area contributed by atoms with E-state index < -0.39 is 17.4 Å². The van der Waals surface area contributed by atoms with Crippen LogP contribution < -0.4 is 0 Å². The van der Waals surface area contributed by atoms with Crippen LogP contribution in [0.4, 0.5) is 0 Å². The lowest BCUT2D eigenvalue weighted by molar-refractivity contribution is 0.573. The van der Waals surface area contributed by atoms with Gasteiger partial charge in [-0.2, -0.15) is 0 Å². The summed E-state index contributed by atoms with van der Waals surface area (Å²) in [5, 5.41) is 0. The third kappa shape index (κ3) is 8.04. The highest BCUT2D eigenvalue weighted by atomic mass is 28.4. The lowest BCUT2D eigenvalue weighted by atomic mass is 10.5. The van der Waals surface area contributed by atoms with Gasteiger partial charge in [-0.1, -0.05) is 6.08 Å². The molecule has 0 heterocycles. The molecule has 0 spiro atoms. The largest absolute Gasteiger partial charge is 0.458 e. The molecule has 0 aromatic carbocycles. The van der Waals surface area contributed by atoms with Gasteiger partial charge in [-0.05, 0) is 38.7 Å². The van der Waals surface area contributed by atoms with Crippen LogP contribution >= 0.6 is 0 Å². The molecule has 0 aliphatic heterocycles. The SMILES string of the molecule is C=CCC[SiH](C)O[Si](C)(C)C. The van der Waals surface area contributed by atoms with E-state index in [1.54, 1.807) is 0 Å². The standard InChI is InChI=1S/C8H20OSi2/c1-6-7-8-10(2)9-11(3,4)5/h6,10H,1,7-8H2,2-5H3. The van der Waals surface area contributed by atoms with Crippen molar-refractivity contribution in [3.63, 3.8) is 0 Å². The summed E-state index contributed by atoms with van der Waals surface area (Å²) in [5.41, 5.74) is 0. The molecule has 0 fully saturated rings. The minimum atomic E-state index is -1.24. The molecular formula is C8H20OSi2. The second-order valence-corrected chi connectivity index (χ2v) is 11.3. The van der Waals surface area contributed by atoms with Crippen LogP contribution in [0.1, 0.15) is 6.42 Å². The van der Waals surface area contributed by atoms with Gasteiger partial charge in [-0.25, -0.2) is 0 Å². The van der Waals surface area contributed by atoms with Gasteiger partial charge >= 0.3 is 0 Å². The Balaban J connectivity index is 3.51. The number of hydrogen-bond acceptors (Lipinski definition) is 1. The lowest BCUT2D eigenvalue weighted by Crippen LogP contribution is -2.32. The maximum absolute atomic E-state index is 5.97. The van der Waals surface area contributed by atoms with Crippen LogP contribution in [0.15, 0.2) is 12.7 Å². The normalized spacial score (nSPS) is 14.5. The second-order valence-electron chi connectivity index (χ2n) is 3.91. The summed E-state index contributed by atoms with van der Waals surface area (Å²) in [4.78, 5) is 0. The quantitative estimate of drug-likeness (QED) is 0.476. The van der Waals surface area contributed by atoms with Gasteiger partial charge in [-0.3, -0.25) is 0 Å². The van der Waals surface area contributed by atoms with Gasteiger partial charge in [0.1, 0.15) is 0 Å². The van der Waals surface area contributed by atoms with Crippen molar-refractivity contribution in [1.29, 1.82) is 0 Å². The highest BCUT2D eigenvalue weighted by Crippen LogP contribution is 2.09. The van der Waals surface area contributed by atoms with E-state index in [2.05, 4.69) is 32.8 Å². The highest BCUT2D eigenvalue weighted by molar-refractivity contribution is 6.77. The number of hydrogen-bond donors (Lipinski definition) is 0. The number of allylic oxidation sites excluding steroid dienone is 1. The predicted molar refractivity (Wildman–Crippen MR) is 57.1 cm³/mol. The van der Waals surface area contributed by atoms with Gasteiger partial charge < -0.3 is 4.12 Å². The summed E-state index contributed by atoms with van der Waals surface area (Å²) >= 11 is 0. The van der Waals surface area contributed by atoms with Crippen LogP contribution in [0.2, 0.25) is 32.2 Å². The van der Waals surface area contributed by atoms with E-state index in [0.717, 1.165) is 6.42 Å². The first kappa shape index (κ1) is 11.1. The first-order valence-electron chi connectivity index (χ1n) is 4.24. The first-order chi connectivity index (χ1) is 4.95. The van der Waals surface area contributed by atoms with E-state index in [-0.39, 0.29) is 0 Å². The molecule has 66 valence electrons. The van der Waals surface area contributed by atoms with Gasteiger partial charge in [0.2, 0.25) is 0 Å². The average Bonchev–Trinajstić information content (AvgIpc) is 1.79. The third-order valence-corrected chi connectivity index (χ3v) is 6.92. The van der Waals surface area contributed by atoms with Crippen molar-refractivity contribution in [3.8, 4) is 0 Å². The Morgan fingerprint density at radius 1 is 1.45 bits per heavy atom. The average molecular weight is 188 g/mol. The van der Waals surface area contributed by atoms with Crippen molar-refractivity contribution in [2.24, 2.45) is 0 Å². The molecule has 0 aliphatic carbocycles. The number of rotatable bonds is 5. The van der Waals surface area contributed by atoms with Crippen LogP contribution in [0.25, 0.3) is 0 Å². The maximum atomic E-state index is 5.97. The lowest BCUT2D eigenvalue weighted by Gasteiger charge is -2.22. The van der Waals surface area contributed by atoms with Crippen LogP contribution in [-0.4, -0.2) is 17.4 Å². The van der Waals surface area contributed by atoms with E-state index in [0.29, 0.717) is 0 Å². The van der Waals surface area contributed by atoms with Gasteiger partial charge in [0.15, 0.2) is 17.4 Å². The van der Waals surface area contributed by atoms with Crippen molar-refractivity contribution in [2.45, 2.75) is 38.7 Å². The molecular weight excluding hydrogens is 168 g/mol. The van der Waals surface area contributed by atoms with E-state index in [9.17, 15) is 0 Å². The molecule has 0 saturated heterocycles. The molecule has 0 amide bonds. The molecule has 0 rings (SSSR count). The van der Waals surface area contributed by atoms with Gasteiger partial charge in [0.05, 0.1) is 0 Å². The zero-order valence-electron chi connectivity index (χ0n) is 8.18. The zero-order valence-corrected chi connectivity index (χ0v) is 10.3. The molecule has 0 N–H and O–H groups in total. The minimum absolute atomic E-state index is 0.854. The maximum Gasteiger partial charge on any atom is 0.170 e. The van der Waals surface area contributed by atoms with E-state index >= 15 is 0 Å². The summed E-state index contributed by atoms with van der Waals surface area (Å²) in [7, 11) is -2.10. The molecule has 0 aromatic heterocycles. The van der Waals surface area contributed by atoms with Crippen LogP contribution in [0.5, 0.6) is 0 Å².